The van der Waals surface area contributed by atoms with Crippen molar-refractivity contribution in [3.63, 3.8) is 0 Å². The molecule has 1 unspecified atom stereocenters. The normalized spacial score (nSPS) is 12.3. The summed E-state index contributed by atoms with van der Waals surface area (Å²) in [6.45, 7) is 5.35. The van der Waals surface area contributed by atoms with Crippen LogP contribution < -0.4 is 5.32 Å². The Kier molecular flexibility index (Phi) is 6.14. The highest BCUT2D eigenvalue weighted by molar-refractivity contribution is 7.10. The van der Waals surface area contributed by atoms with Crippen LogP contribution in [-0.2, 0) is 6.54 Å². The predicted molar refractivity (Wildman–Crippen MR) is 69.5 cm³/mol. The number of nitriles is 1. The second-order valence-electron chi connectivity index (χ2n) is 4.19. The van der Waals surface area contributed by atoms with Gasteiger partial charge in [0.1, 0.15) is 6.07 Å². The van der Waals surface area contributed by atoms with Crippen molar-refractivity contribution in [3.8, 4) is 6.07 Å². The Morgan fingerprint density at radius 3 is 2.94 bits per heavy atom. The number of unbranched alkanes of at least 4 members (excludes halogenated alkanes) is 2. The molecule has 0 fully saturated rings. The maximum Gasteiger partial charge on any atom is 0.100 e. The molecule has 1 heterocycles. The highest BCUT2D eigenvalue weighted by Gasteiger charge is 2.03. The highest BCUT2D eigenvalue weighted by atomic mass is 32.1. The van der Waals surface area contributed by atoms with Gasteiger partial charge in [-0.3, -0.25) is 0 Å². The summed E-state index contributed by atoms with van der Waals surface area (Å²) in [6.07, 6.45) is 5.15. The van der Waals surface area contributed by atoms with Crippen molar-refractivity contribution < 1.29 is 0 Å². The molecule has 0 saturated heterocycles. The van der Waals surface area contributed by atoms with E-state index in [2.05, 4.69) is 25.2 Å². The van der Waals surface area contributed by atoms with Crippen molar-refractivity contribution >= 4 is 11.3 Å². The molecule has 0 aliphatic rings. The zero-order chi connectivity index (χ0) is 11.8. The first-order chi connectivity index (χ1) is 7.76. The molecule has 1 atom stereocenters. The largest absolute Gasteiger partial charge is 0.309 e. The molecule has 2 nitrogen and oxygen atoms in total. The average Bonchev–Trinajstić information content (AvgIpc) is 2.74. The average molecular weight is 236 g/mol. The van der Waals surface area contributed by atoms with E-state index in [0.717, 1.165) is 12.1 Å². The summed E-state index contributed by atoms with van der Waals surface area (Å²) in [5.41, 5.74) is 0.778. The van der Waals surface area contributed by atoms with Gasteiger partial charge in [-0.25, -0.2) is 0 Å². The topological polar surface area (TPSA) is 35.8 Å². The number of thiophene rings is 1. The SMILES string of the molecule is CCCCCC(C)NCc1cc(C#N)cs1. The Hall–Kier alpha value is -0.850. The van der Waals surface area contributed by atoms with Crippen molar-refractivity contribution in [2.24, 2.45) is 0 Å². The van der Waals surface area contributed by atoms with Crippen LogP contribution in [0, 0.1) is 11.3 Å². The Morgan fingerprint density at radius 2 is 2.31 bits per heavy atom. The molecule has 1 N–H and O–H groups in total. The maximum absolute atomic E-state index is 8.71. The second kappa shape index (κ2) is 7.43. The lowest BCUT2D eigenvalue weighted by Crippen LogP contribution is -2.24. The summed E-state index contributed by atoms with van der Waals surface area (Å²) < 4.78 is 0. The van der Waals surface area contributed by atoms with E-state index in [9.17, 15) is 0 Å². The van der Waals surface area contributed by atoms with Gasteiger partial charge in [0.15, 0.2) is 0 Å². The molecule has 0 bridgehead atoms. The fourth-order valence-corrected chi connectivity index (χ4v) is 2.37. The quantitative estimate of drug-likeness (QED) is 0.733. The van der Waals surface area contributed by atoms with Crippen molar-refractivity contribution in [2.75, 3.05) is 0 Å². The summed E-state index contributed by atoms with van der Waals surface area (Å²) >= 11 is 1.66. The Labute approximate surface area is 102 Å². The molecule has 0 spiro atoms. The molecule has 0 aliphatic carbocycles. The van der Waals surface area contributed by atoms with Crippen LogP contribution in [0.2, 0.25) is 0 Å². The minimum atomic E-state index is 0.569. The molecule has 1 aromatic rings. The van der Waals surface area contributed by atoms with Gasteiger partial charge in [-0.2, -0.15) is 5.26 Å². The molecule has 0 saturated carbocycles. The van der Waals surface area contributed by atoms with E-state index in [4.69, 9.17) is 5.26 Å². The lowest BCUT2D eigenvalue weighted by atomic mass is 10.1. The van der Waals surface area contributed by atoms with E-state index >= 15 is 0 Å². The predicted octanol–water partition coefficient (Wildman–Crippen LogP) is 3.68. The number of rotatable bonds is 7. The van der Waals surface area contributed by atoms with E-state index in [-0.39, 0.29) is 0 Å². The molecule has 1 rings (SSSR count). The van der Waals surface area contributed by atoms with Crippen LogP contribution in [0.1, 0.15) is 50.0 Å². The van der Waals surface area contributed by atoms with Crippen LogP contribution in [-0.4, -0.2) is 6.04 Å². The van der Waals surface area contributed by atoms with Crippen LogP contribution in [0.3, 0.4) is 0 Å². The third-order valence-corrected chi connectivity index (χ3v) is 3.59. The number of nitrogens with one attached hydrogen (secondary N) is 1. The Morgan fingerprint density at radius 1 is 1.50 bits per heavy atom. The Bertz CT molecular complexity index is 338. The zero-order valence-electron chi connectivity index (χ0n) is 10.1. The van der Waals surface area contributed by atoms with Gasteiger partial charge in [0, 0.05) is 22.8 Å². The van der Waals surface area contributed by atoms with Gasteiger partial charge in [0.25, 0.3) is 0 Å². The van der Waals surface area contributed by atoms with Crippen molar-refractivity contribution in [1.82, 2.24) is 5.32 Å². The molecule has 16 heavy (non-hydrogen) atoms. The molecule has 1 aromatic heterocycles. The van der Waals surface area contributed by atoms with Gasteiger partial charge in [-0.05, 0) is 19.4 Å². The molecule has 0 radical (unpaired) electrons. The fourth-order valence-electron chi connectivity index (χ4n) is 1.61. The third-order valence-electron chi connectivity index (χ3n) is 2.65. The van der Waals surface area contributed by atoms with Gasteiger partial charge in [0.2, 0.25) is 0 Å². The summed E-state index contributed by atoms with van der Waals surface area (Å²) in [4.78, 5) is 1.25. The standard InChI is InChI=1S/C13H20N2S/c1-3-4-5-6-11(2)15-9-13-7-12(8-14)10-16-13/h7,10-11,15H,3-6,9H2,1-2H3. The van der Waals surface area contributed by atoms with Crippen LogP contribution in [0.4, 0.5) is 0 Å². The van der Waals surface area contributed by atoms with E-state index in [1.54, 1.807) is 11.3 Å². The molecule has 0 aromatic carbocycles. The third kappa shape index (κ3) is 4.78. The minimum Gasteiger partial charge on any atom is -0.309 e. The van der Waals surface area contributed by atoms with Crippen molar-refractivity contribution in [2.45, 2.75) is 52.1 Å². The first-order valence-corrected chi connectivity index (χ1v) is 6.85. The molecule has 0 aliphatic heterocycles. The van der Waals surface area contributed by atoms with Gasteiger partial charge >= 0.3 is 0 Å². The smallest absolute Gasteiger partial charge is 0.100 e. The summed E-state index contributed by atoms with van der Waals surface area (Å²) in [7, 11) is 0. The lowest BCUT2D eigenvalue weighted by molar-refractivity contribution is 0.489. The fraction of sp³-hybridized carbons (Fsp3) is 0.615. The van der Waals surface area contributed by atoms with Crippen LogP contribution in [0.5, 0.6) is 0 Å². The second-order valence-corrected chi connectivity index (χ2v) is 5.19. The Balaban J connectivity index is 2.21. The number of nitrogens with zero attached hydrogens (tertiary/aromatic N) is 1. The first-order valence-electron chi connectivity index (χ1n) is 5.97. The number of hydrogen-bond donors (Lipinski definition) is 1. The van der Waals surface area contributed by atoms with E-state index < -0.39 is 0 Å². The van der Waals surface area contributed by atoms with Gasteiger partial charge in [0.05, 0.1) is 5.56 Å². The molecular formula is C13H20N2S. The zero-order valence-corrected chi connectivity index (χ0v) is 10.9. The van der Waals surface area contributed by atoms with Crippen LogP contribution in [0.25, 0.3) is 0 Å². The maximum atomic E-state index is 8.71. The van der Waals surface area contributed by atoms with Crippen molar-refractivity contribution in [3.05, 3.63) is 21.9 Å². The minimum absolute atomic E-state index is 0.569. The summed E-state index contributed by atoms with van der Waals surface area (Å²) in [5.74, 6) is 0. The summed E-state index contributed by atoms with van der Waals surface area (Å²) in [6, 6.07) is 4.70. The van der Waals surface area contributed by atoms with Gasteiger partial charge < -0.3 is 5.32 Å². The van der Waals surface area contributed by atoms with E-state index in [1.165, 1.54) is 30.6 Å². The monoisotopic (exact) mass is 236 g/mol. The molecular weight excluding hydrogens is 216 g/mol. The number of hydrogen-bond acceptors (Lipinski definition) is 3. The first kappa shape index (κ1) is 13.2. The van der Waals surface area contributed by atoms with E-state index in [1.807, 2.05) is 11.4 Å². The lowest BCUT2D eigenvalue weighted by Gasteiger charge is -2.12. The summed E-state index contributed by atoms with van der Waals surface area (Å²) in [5, 5.41) is 14.1. The van der Waals surface area contributed by atoms with Gasteiger partial charge in [-0.1, -0.05) is 26.2 Å². The van der Waals surface area contributed by atoms with Crippen molar-refractivity contribution in [1.29, 1.82) is 5.26 Å². The van der Waals surface area contributed by atoms with Gasteiger partial charge in [-0.15, -0.1) is 11.3 Å². The van der Waals surface area contributed by atoms with Crippen LogP contribution in [0.15, 0.2) is 11.4 Å². The van der Waals surface area contributed by atoms with E-state index in [0.29, 0.717) is 6.04 Å². The molecule has 0 amide bonds. The molecule has 88 valence electrons. The molecule has 3 heteroatoms. The van der Waals surface area contributed by atoms with Crippen LogP contribution >= 0.6 is 11.3 Å². The highest BCUT2D eigenvalue weighted by Crippen LogP contribution is 2.14.